The van der Waals surface area contributed by atoms with Crippen LogP contribution in [0.3, 0.4) is 0 Å². The van der Waals surface area contributed by atoms with Gasteiger partial charge in [0.05, 0.1) is 15.7 Å². The van der Waals surface area contributed by atoms with Crippen LogP contribution in [0.2, 0.25) is 15.1 Å². The van der Waals surface area contributed by atoms with E-state index in [1.807, 2.05) is 0 Å². The maximum absolute atomic E-state index is 12.3. The average Bonchev–Trinajstić information content (AvgIpc) is 2.87. The van der Waals surface area contributed by atoms with Crippen molar-refractivity contribution < 1.29 is 9.53 Å². The van der Waals surface area contributed by atoms with E-state index in [1.54, 1.807) is 30.3 Å². The summed E-state index contributed by atoms with van der Waals surface area (Å²) in [5.41, 5.74) is 7.31. The third kappa shape index (κ3) is 2.95. The Morgan fingerprint density at radius 2 is 1.86 bits per heavy atom. The number of hydrogen-bond donors (Lipinski definition) is 2. The Labute approximate surface area is 142 Å². The first-order valence-electron chi connectivity index (χ1n) is 6.44. The van der Waals surface area contributed by atoms with Gasteiger partial charge in [-0.25, -0.2) is 0 Å². The number of anilines is 2. The molecule has 2 aromatic carbocycles. The van der Waals surface area contributed by atoms with Gasteiger partial charge in [0.1, 0.15) is 5.75 Å². The van der Waals surface area contributed by atoms with Gasteiger partial charge in [-0.3, -0.25) is 4.79 Å². The Morgan fingerprint density at radius 3 is 2.55 bits per heavy atom. The van der Waals surface area contributed by atoms with Gasteiger partial charge >= 0.3 is 0 Å². The molecule has 0 spiro atoms. The molecule has 0 aliphatic carbocycles. The number of ether oxygens (including phenoxy) is 1. The van der Waals surface area contributed by atoms with Crippen LogP contribution < -0.4 is 15.8 Å². The summed E-state index contributed by atoms with van der Waals surface area (Å²) in [6.45, 7) is 0. The van der Waals surface area contributed by atoms with Crippen molar-refractivity contribution in [1.29, 1.82) is 0 Å². The molecule has 3 rings (SSSR count). The molecule has 0 radical (unpaired) electrons. The second-order valence-electron chi connectivity index (χ2n) is 4.91. The van der Waals surface area contributed by atoms with E-state index < -0.39 is 6.10 Å². The maximum Gasteiger partial charge on any atom is 0.265 e. The van der Waals surface area contributed by atoms with E-state index >= 15 is 0 Å². The van der Waals surface area contributed by atoms with Gasteiger partial charge in [0, 0.05) is 17.1 Å². The second kappa shape index (κ2) is 5.88. The van der Waals surface area contributed by atoms with Gasteiger partial charge in [0.15, 0.2) is 6.10 Å². The standard InChI is InChI=1S/C15H11Cl3N2O2/c16-8-1-2-12-7(3-8)4-13(22-12)15(21)20-9-5-10(17)14(19)11(18)6-9/h1-3,5-6,13H,4,19H2,(H,20,21). The summed E-state index contributed by atoms with van der Waals surface area (Å²) in [5.74, 6) is 0.377. The van der Waals surface area contributed by atoms with Crippen molar-refractivity contribution in [3.8, 4) is 5.75 Å². The highest BCUT2D eigenvalue weighted by Crippen LogP contribution is 2.33. The first kappa shape index (κ1) is 15.3. The lowest BCUT2D eigenvalue weighted by molar-refractivity contribution is -0.122. The first-order valence-corrected chi connectivity index (χ1v) is 7.58. The number of nitrogens with one attached hydrogen (secondary N) is 1. The zero-order valence-corrected chi connectivity index (χ0v) is 13.5. The minimum absolute atomic E-state index is 0.278. The minimum Gasteiger partial charge on any atom is -0.480 e. The summed E-state index contributed by atoms with van der Waals surface area (Å²) in [6.07, 6.45) is -0.165. The molecule has 1 aliphatic rings. The molecule has 1 heterocycles. The molecule has 1 amide bonds. The van der Waals surface area contributed by atoms with Gasteiger partial charge in [-0.2, -0.15) is 0 Å². The lowest BCUT2D eigenvalue weighted by Crippen LogP contribution is -2.31. The monoisotopic (exact) mass is 356 g/mol. The SMILES string of the molecule is Nc1c(Cl)cc(NC(=O)C2Cc3cc(Cl)ccc3O2)cc1Cl. The zero-order chi connectivity index (χ0) is 15.9. The maximum atomic E-state index is 12.3. The van der Waals surface area contributed by atoms with Crippen LogP contribution in [-0.2, 0) is 11.2 Å². The predicted octanol–water partition coefficient (Wildman–Crippen LogP) is 4.17. The van der Waals surface area contributed by atoms with Crippen LogP contribution >= 0.6 is 34.8 Å². The number of nitrogen functional groups attached to an aromatic ring is 1. The van der Waals surface area contributed by atoms with Crippen LogP contribution in [0.25, 0.3) is 0 Å². The van der Waals surface area contributed by atoms with Gasteiger partial charge in [-0.1, -0.05) is 34.8 Å². The van der Waals surface area contributed by atoms with Crippen molar-refractivity contribution in [2.45, 2.75) is 12.5 Å². The van der Waals surface area contributed by atoms with Gasteiger partial charge < -0.3 is 15.8 Å². The number of benzene rings is 2. The van der Waals surface area contributed by atoms with Crippen LogP contribution in [-0.4, -0.2) is 12.0 Å². The lowest BCUT2D eigenvalue weighted by Gasteiger charge is -2.12. The number of fused-ring (bicyclic) bond motifs is 1. The first-order chi connectivity index (χ1) is 10.4. The normalized spacial score (nSPS) is 16.0. The molecule has 0 bridgehead atoms. The fraction of sp³-hybridized carbons (Fsp3) is 0.133. The number of hydrogen-bond acceptors (Lipinski definition) is 3. The Morgan fingerprint density at radius 1 is 1.18 bits per heavy atom. The Kier molecular flexibility index (Phi) is 4.08. The smallest absolute Gasteiger partial charge is 0.265 e. The molecule has 0 fully saturated rings. The van der Waals surface area contributed by atoms with Crippen LogP contribution in [0.1, 0.15) is 5.56 Å². The predicted molar refractivity (Wildman–Crippen MR) is 89.1 cm³/mol. The number of nitrogens with two attached hydrogens (primary N) is 1. The Hall–Kier alpha value is -1.62. The summed E-state index contributed by atoms with van der Waals surface area (Å²) in [5, 5.41) is 3.90. The number of carbonyl (C=O) groups is 1. The summed E-state index contributed by atoms with van der Waals surface area (Å²) in [7, 11) is 0. The summed E-state index contributed by atoms with van der Waals surface area (Å²) in [6, 6.07) is 8.35. The van der Waals surface area contributed by atoms with Gasteiger partial charge in [-0.15, -0.1) is 0 Å². The van der Waals surface area contributed by atoms with Gasteiger partial charge in [-0.05, 0) is 35.9 Å². The van der Waals surface area contributed by atoms with Crippen LogP contribution in [0.15, 0.2) is 30.3 Å². The molecule has 22 heavy (non-hydrogen) atoms. The quantitative estimate of drug-likeness (QED) is 0.793. The molecule has 1 atom stereocenters. The molecule has 0 aromatic heterocycles. The summed E-state index contributed by atoms with van der Waals surface area (Å²) in [4.78, 5) is 12.3. The average molecular weight is 358 g/mol. The molecular weight excluding hydrogens is 347 g/mol. The molecule has 1 unspecified atom stereocenters. The van der Waals surface area contributed by atoms with Crippen molar-refractivity contribution in [3.63, 3.8) is 0 Å². The number of rotatable bonds is 2. The lowest BCUT2D eigenvalue weighted by atomic mass is 10.1. The highest BCUT2D eigenvalue weighted by Gasteiger charge is 2.29. The van der Waals surface area contributed by atoms with E-state index in [4.69, 9.17) is 45.3 Å². The molecule has 3 N–H and O–H groups in total. The second-order valence-corrected chi connectivity index (χ2v) is 6.16. The molecular formula is C15H11Cl3N2O2. The van der Waals surface area contributed by atoms with E-state index in [9.17, 15) is 4.79 Å². The van der Waals surface area contributed by atoms with Crippen LogP contribution in [0.5, 0.6) is 5.75 Å². The molecule has 0 saturated heterocycles. The third-order valence-corrected chi connectivity index (χ3v) is 4.20. The third-order valence-electron chi connectivity index (χ3n) is 3.34. The van der Waals surface area contributed by atoms with Crippen LogP contribution in [0, 0.1) is 0 Å². The molecule has 0 saturated carbocycles. The molecule has 4 nitrogen and oxygen atoms in total. The Balaban J connectivity index is 1.74. The summed E-state index contributed by atoms with van der Waals surface area (Å²) < 4.78 is 5.62. The van der Waals surface area contributed by atoms with Crippen molar-refractivity contribution in [1.82, 2.24) is 0 Å². The van der Waals surface area contributed by atoms with Crippen molar-refractivity contribution in [2.75, 3.05) is 11.1 Å². The van der Waals surface area contributed by atoms with Crippen LogP contribution in [0.4, 0.5) is 11.4 Å². The van der Waals surface area contributed by atoms with E-state index in [2.05, 4.69) is 5.32 Å². The molecule has 114 valence electrons. The molecule has 1 aliphatic heterocycles. The minimum atomic E-state index is -0.622. The fourth-order valence-electron chi connectivity index (χ4n) is 2.24. The van der Waals surface area contributed by atoms with E-state index in [0.29, 0.717) is 22.9 Å². The van der Waals surface area contributed by atoms with Crippen molar-refractivity contribution in [3.05, 3.63) is 51.0 Å². The van der Waals surface area contributed by atoms with Crippen molar-refractivity contribution in [2.24, 2.45) is 0 Å². The molecule has 2 aromatic rings. The highest BCUT2D eigenvalue weighted by atomic mass is 35.5. The van der Waals surface area contributed by atoms with E-state index in [-0.39, 0.29) is 21.6 Å². The Bertz CT molecular complexity index is 741. The largest absolute Gasteiger partial charge is 0.480 e. The zero-order valence-electron chi connectivity index (χ0n) is 11.2. The van der Waals surface area contributed by atoms with Gasteiger partial charge in [0.2, 0.25) is 0 Å². The van der Waals surface area contributed by atoms with E-state index in [0.717, 1.165) is 5.56 Å². The van der Waals surface area contributed by atoms with Crippen molar-refractivity contribution >= 4 is 52.1 Å². The number of halogens is 3. The number of carbonyl (C=O) groups excluding carboxylic acids is 1. The highest BCUT2D eigenvalue weighted by molar-refractivity contribution is 6.39. The van der Waals surface area contributed by atoms with Gasteiger partial charge in [0.25, 0.3) is 5.91 Å². The number of amides is 1. The fourth-order valence-corrected chi connectivity index (χ4v) is 2.92. The topological polar surface area (TPSA) is 64.3 Å². The molecule has 7 heteroatoms. The van der Waals surface area contributed by atoms with E-state index in [1.165, 1.54) is 0 Å². The summed E-state index contributed by atoms with van der Waals surface area (Å²) >= 11 is 17.8.